The van der Waals surface area contributed by atoms with Gasteiger partial charge in [-0.1, -0.05) is 6.92 Å². The third-order valence-corrected chi connectivity index (χ3v) is 9.90. The first-order valence-electron chi connectivity index (χ1n) is 8.23. The Morgan fingerprint density at radius 2 is 1.59 bits per heavy atom. The van der Waals surface area contributed by atoms with E-state index in [1.807, 2.05) is 0 Å². The van der Waals surface area contributed by atoms with Crippen molar-refractivity contribution in [1.29, 1.82) is 0 Å². The highest BCUT2D eigenvalue weighted by Crippen LogP contribution is 2.90. The quantitative estimate of drug-likeness (QED) is 0.592. The summed E-state index contributed by atoms with van der Waals surface area (Å²) in [6, 6.07) is 0. The van der Waals surface area contributed by atoms with Crippen LogP contribution in [-0.4, -0.2) is 0 Å². The monoisotopic (exact) mass is 226 g/mol. The summed E-state index contributed by atoms with van der Waals surface area (Å²) in [5.41, 5.74) is 1.73. The van der Waals surface area contributed by atoms with Crippen LogP contribution in [0.2, 0.25) is 0 Å². The Labute approximate surface area is 104 Å². The Kier molecular flexibility index (Phi) is 0.900. The number of hydrogen-bond acceptors (Lipinski definition) is 0. The largest absolute Gasteiger partial charge is 0.0591 e. The molecule has 0 aromatic rings. The lowest BCUT2D eigenvalue weighted by Crippen LogP contribution is -2.75. The van der Waals surface area contributed by atoms with Gasteiger partial charge in [0.2, 0.25) is 0 Å². The van der Waals surface area contributed by atoms with E-state index < -0.39 is 0 Å². The second-order valence-electron chi connectivity index (χ2n) is 9.47. The van der Waals surface area contributed by atoms with E-state index in [1.54, 1.807) is 32.1 Å². The van der Waals surface area contributed by atoms with Crippen molar-refractivity contribution in [3.63, 3.8) is 0 Å². The van der Waals surface area contributed by atoms with E-state index in [0.29, 0.717) is 0 Å². The highest BCUT2D eigenvalue weighted by atomic mass is 14.9. The van der Waals surface area contributed by atoms with Crippen LogP contribution >= 0.6 is 0 Å². The maximum atomic E-state index is 2.74. The topological polar surface area (TPSA) is 0 Å². The van der Waals surface area contributed by atoms with E-state index in [2.05, 4.69) is 6.92 Å². The lowest BCUT2D eigenvalue weighted by Gasteiger charge is -2.81. The Morgan fingerprint density at radius 3 is 2.53 bits per heavy atom. The van der Waals surface area contributed by atoms with Crippen LogP contribution in [0.1, 0.15) is 39.0 Å². The number of hydrogen-bond donors (Lipinski definition) is 0. The third-order valence-electron chi connectivity index (χ3n) is 9.90. The van der Waals surface area contributed by atoms with Gasteiger partial charge in [0.25, 0.3) is 0 Å². The molecule has 1 spiro atoms. The molecule has 17 heavy (non-hydrogen) atoms. The molecule has 6 fully saturated rings. The summed E-state index contributed by atoms with van der Waals surface area (Å²) >= 11 is 0. The van der Waals surface area contributed by atoms with Crippen molar-refractivity contribution < 1.29 is 0 Å². The van der Waals surface area contributed by atoms with Gasteiger partial charge in [0.05, 0.1) is 0 Å². The summed E-state index contributed by atoms with van der Waals surface area (Å²) in [7, 11) is 0. The second kappa shape index (κ2) is 1.86. The number of fused-ring (bicyclic) bond motifs is 13. The smallest absolute Gasteiger partial charge is 0.0255 e. The minimum absolute atomic E-state index is 0.831. The predicted octanol–water partition coefficient (Wildman–Crippen LogP) is 3.57. The maximum Gasteiger partial charge on any atom is -0.0255 e. The molecular formula is C17H22. The van der Waals surface area contributed by atoms with Crippen LogP contribution in [0.3, 0.4) is 0 Å². The molecule has 6 aliphatic rings. The molecule has 0 nitrogen and oxygen atoms in total. The maximum absolute atomic E-state index is 2.74. The highest BCUT2D eigenvalue weighted by molar-refractivity contribution is 5.32. The standard InChI is InChI=1S/C17H22/c1-16-6-17-4-9-13-7-2-10(16)11(17)3-8(7)15(13)14(9)12(16)5-17/h7-15H,2-6H2,1H3. The molecule has 0 amide bonds. The Bertz CT molecular complexity index is 457. The first-order valence-corrected chi connectivity index (χ1v) is 8.23. The van der Waals surface area contributed by atoms with Gasteiger partial charge in [0, 0.05) is 0 Å². The van der Waals surface area contributed by atoms with Crippen molar-refractivity contribution in [3.05, 3.63) is 0 Å². The molecule has 3 bridgehead atoms. The zero-order valence-corrected chi connectivity index (χ0v) is 10.7. The van der Waals surface area contributed by atoms with E-state index in [-0.39, 0.29) is 0 Å². The van der Waals surface area contributed by atoms with Crippen molar-refractivity contribution in [2.24, 2.45) is 64.1 Å². The minimum Gasteiger partial charge on any atom is -0.0591 e. The van der Waals surface area contributed by atoms with Gasteiger partial charge in [0.15, 0.2) is 0 Å². The normalized spacial score (nSPS) is 87.0. The lowest BCUT2D eigenvalue weighted by molar-refractivity contribution is -0.330. The van der Waals surface area contributed by atoms with Crippen molar-refractivity contribution in [1.82, 2.24) is 0 Å². The lowest BCUT2D eigenvalue weighted by atomic mass is 9.24. The molecule has 11 unspecified atom stereocenters. The van der Waals surface area contributed by atoms with Crippen LogP contribution in [-0.2, 0) is 0 Å². The van der Waals surface area contributed by atoms with Crippen LogP contribution in [0.5, 0.6) is 0 Å². The van der Waals surface area contributed by atoms with Gasteiger partial charge in [-0.25, -0.2) is 0 Å². The van der Waals surface area contributed by atoms with Gasteiger partial charge in [-0.3, -0.25) is 0 Å². The fourth-order valence-corrected chi connectivity index (χ4v) is 10.0. The van der Waals surface area contributed by atoms with Crippen LogP contribution in [0.25, 0.3) is 0 Å². The Balaban J connectivity index is 1.63. The minimum atomic E-state index is 0.831. The second-order valence-corrected chi connectivity index (χ2v) is 9.47. The van der Waals surface area contributed by atoms with E-state index in [9.17, 15) is 0 Å². The first kappa shape index (κ1) is 8.23. The van der Waals surface area contributed by atoms with Crippen molar-refractivity contribution >= 4 is 0 Å². The third kappa shape index (κ3) is 0.515. The zero-order chi connectivity index (χ0) is 10.7. The summed E-state index contributed by atoms with van der Waals surface area (Å²) < 4.78 is 0. The van der Waals surface area contributed by atoms with Crippen LogP contribution < -0.4 is 0 Å². The highest BCUT2D eigenvalue weighted by Gasteiger charge is 2.84. The molecule has 6 saturated carbocycles. The number of rotatable bonds is 0. The van der Waals surface area contributed by atoms with Gasteiger partial charge in [0.1, 0.15) is 0 Å². The molecule has 0 heteroatoms. The van der Waals surface area contributed by atoms with Crippen molar-refractivity contribution in [2.45, 2.75) is 39.0 Å². The summed E-state index contributed by atoms with van der Waals surface area (Å²) in [5, 5.41) is 0. The summed E-state index contributed by atoms with van der Waals surface area (Å²) in [4.78, 5) is 0. The molecule has 11 atom stereocenters. The molecule has 0 aliphatic heterocycles. The van der Waals surface area contributed by atoms with Crippen LogP contribution in [0, 0.1) is 64.1 Å². The zero-order valence-electron chi connectivity index (χ0n) is 10.7. The SMILES string of the molecule is CC12CC34CC5C6C7CC1C3CC7C6C5C2C4. The van der Waals surface area contributed by atoms with Crippen LogP contribution in [0.4, 0.5) is 0 Å². The molecule has 6 aliphatic carbocycles. The van der Waals surface area contributed by atoms with Gasteiger partial charge < -0.3 is 0 Å². The fraction of sp³-hybridized carbons (Fsp3) is 1.00. The molecule has 0 saturated heterocycles. The Hall–Kier alpha value is 0. The van der Waals surface area contributed by atoms with Crippen LogP contribution in [0.15, 0.2) is 0 Å². The van der Waals surface area contributed by atoms with E-state index in [1.165, 1.54) is 53.3 Å². The fourth-order valence-electron chi connectivity index (χ4n) is 10.0. The van der Waals surface area contributed by atoms with E-state index >= 15 is 0 Å². The average molecular weight is 226 g/mol. The van der Waals surface area contributed by atoms with Gasteiger partial charge in [-0.05, 0) is 96.2 Å². The summed E-state index contributed by atoms with van der Waals surface area (Å²) in [5.74, 6) is 11.1. The molecular weight excluding hydrogens is 204 g/mol. The average Bonchev–Trinajstić information content (AvgIpc) is 2.61. The van der Waals surface area contributed by atoms with Gasteiger partial charge in [-0.2, -0.15) is 0 Å². The van der Waals surface area contributed by atoms with E-state index in [0.717, 1.165) is 10.8 Å². The molecule has 6 rings (SSSR count). The van der Waals surface area contributed by atoms with Crippen molar-refractivity contribution in [3.8, 4) is 0 Å². The van der Waals surface area contributed by atoms with E-state index in [4.69, 9.17) is 0 Å². The van der Waals surface area contributed by atoms with Gasteiger partial charge >= 0.3 is 0 Å². The molecule has 90 valence electrons. The van der Waals surface area contributed by atoms with Gasteiger partial charge in [-0.15, -0.1) is 0 Å². The molecule has 0 heterocycles. The molecule has 0 aromatic heterocycles. The summed E-state index contributed by atoms with van der Waals surface area (Å²) in [6.07, 6.45) is 8.45. The molecule has 0 radical (unpaired) electrons. The summed E-state index contributed by atoms with van der Waals surface area (Å²) in [6.45, 7) is 2.74. The molecule has 0 aromatic carbocycles. The first-order chi connectivity index (χ1) is 8.23. The Morgan fingerprint density at radius 1 is 0.765 bits per heavy atom. The molecule has 0 N–H and O–H groups in total. The van der Waals surface area contributed by atoms with Crippen molar-refractivity contribution in [2.75, 3.05) is 0 Å². The predicted molar refractivity (Wildman–Crippen MR) is 65.0 cm³/mol.